The van der Waals surface area contributed by atoms with Gasteiger partial charge >= 0.3 is 23.9 Å². The van der Waals surface area contributed by atoms with Crippen LogP contribution in [0.4, 0.5) is 0 Å². The molecule has 0 aliphatic carbocycles. The van der Waals surface area contributed by atoms with Gasteiger partial charge in [0, 0.05) is 27.7 Å². The summed E-state index contributed by atoms with van der Waals surface area (Å²) in [5.41, 5.74) is 0. The van der Waals surface area contributed by atoms with E-state index in [0.717, 1.165) is 27.7 Å². The van der Waals surface area contributed by atoms with Gasteiger partial charge in [-0.25, -0.2) is 0 Å². The van der Waals surface area contributed by atoms with E-state index in [4.69, 9.17) is 25.4 Å². The van der Waals surface area contributed by atoms with Crippen molar-refractivity contribution in [2.24, 2.45) is 0 Å². The number of terminal acetylenes is 1. The van der Waals surface area contributed by atoms with Gasteiger partial charge in [0.25, 0.3) is 0 Å². The van der Waals surface area contributed by atoms with Gasteiger partial charge in [0.15, 0.2) is 18.0 Å². The quantitative estimate of drug-likeness (QED) is 0.321. The average molecular weight is 370 g/mol. The predicted molar refractivity (Wildman–Crippen MR) is 86.3 cm³/mol. The number of esters is 4. The van der Waals surface area contributed by atoms with Crippen LogP contribution in [0.25, 0.3) is 0 Å². The zero-order chi connectivity index (χ0) is 20.4. The molecule has 9 nitrogen and oxygen atoms in total. The van der Waals surface area contributed by atoms with Crippen molar-refractivity contribution in [3.63, 3.8) is 0 Å². The van der Waals surface area contributed by atoms with E-state index in [1.165, 1.54) is 6.92 Å². The zero-order valence-electron chi connectivity index (χ0n) is 15.3. The molecule has 0 heterocycles. The maximum atomic E-state index is 12.3. The Morgan fingerprint density at radius 3 is 1.58 bits per heavy atom. The van der Waals surface area contributed by atoms with Gasteiger partial charge in [-0.3, -0.25) is 24.0 Å². The van der Waals surface area contributed by atoms with Crippen molar-refractivity contribution >= 4 is 29.7 Å². The molecule has 144 valence electrons. The number of Topliss-reactive ketones (excluding diaryl/α,β-unsaturated/α-hetero) is 1. The first-order valence-electron chi connectivity index (χ1n) is 7.64. The molecule has 0 bridgehead atoms. The van der Waals surface area contributed by atoms with E-state index in [9.17, 15) is 24.0 Å². The molecular weight excluding hydrogens is 348 g/mol. The Labute approximate surface area is 151 Å². The second-order valence-corrected chi connectivity index (χ2v) is 5.34. The average Bonchev–Trinajstić information content (AvgIpc) is 2.47. The largest absolute Gasteiger partial charge is 0.459 e. The molecular formula is C17H22O9. The smallest absolute Gasteiger partial charge is 0.303 e. The Bertz CT molecular complexity index is 602. The van der Waals surface area contributed by atoms with Crippen LogP contribution in [0, 0.1) is 12.3 Å². The van der Waals surface area contributed by atoms with Crippen LogP contribution in [-0.4, -0.2) is 54.1 Å². The van der Waals surface area contributed by atoms with Gasteiger partial charge < -0.3 is 18.9 Å². The van der Waals surface area contributed by atoms with Gasteiger partial charge in [-0.05, 0) is 6.92 Å². The molecule has 0 rings (SSSR count). The Hall–Kier alpha value is -2.89. The summed E-state index contributed by atoms with van der Waals surface area (Å²) in [5, 5.41) is 0. The van der Waals surface area contributed by atoms with Crippen LogP contribution in [0.5, 0.6) is 0 Å². The van der Waals surface area contributed by atoms with Crippen LogP contribution in [0.15, 0.2) is 0 Å². The molecule has 0 amide bonds. The van der Waals surface area contributed by atoms with Gasteiger partial charge in [0.05, 0.1) is 6.42 Å². The van der Waals surface area contributed by atoms with Crippen LogP contribution in [-0.2, 0) is 42.9 Å². The van der Waals surface area contributed by atoms with Crippen LogP contribution in [0.2, 0.25) is 0 Å². The van der Waals surface area contributed by atoms with Crippen molar-refractivity contribution in [1.82, 2.24) is 0 Å². The lowest BCUT2D eigenvalue weighted by Crippen LogP contribution is -2.53. The Kier molecular flexibility index (Phi) is 9.66. The SMILES string of the molecule is C#CCC(=O)[C@@H](OC(C)=O)[C@H](OC(C)=O)[C@H](OC(C)=O)[C@H](C)OC(C)=O. The molecule has 0 aromatic rings. The Morgan fingerprint density at radius 2 is 1.19 bits per heavy atom. The summed E-state index contributed by atoms with van der Waals surface area (Å²) in [4.78, 5) is 57.8. The lowest BCUT2D eigenvalue weighted by atomic mass is 9.98. The van der Waals surface area contributed by atoms with Crippen molar-refractivity contribution in [2.45, 2.75) is 65.5 Å². The fourth-order valence-corrected chi connectivity index (χ4v) is 2.14. The van der Waals surface area contributed by atoms with E-state index in [1.54, 1.807) is 0 Å². The molecule has 4 atom stereocenters. The maximum Gasteiger partial charge on any atom is 0.303 e. The summed E-state index contributed by atoms with van der Waals surface area (Å²) in [6, 6.07) is 0. The summed E-state index contributed by atoms with van der Waals surface area (Å²) < 4.78 is 20.1. The minimum atomic E-state index is -1.64. The molecule has 0 radical (unpaired) electrons. The summed E-state index contributed by atoms with van der Waals surface area (Å²) in [7, 11) is 0. The second-order valence-electron chi connectivity index (χ2n) is 5.34. The van der Waals surface area contributed by atoms with E-state index in [1.807, 2.05) is 0 Å². The van der Waals surface area contributed by atoms with E-state index in [0.29, 0.717) is 0 Å². The molecule has 0 unspecified atom stereocenters. The first kappa shape index (κ1) is 23.1. The fourth-order valence-electron chi connectivity index (χ4n) is 2.14. The molecule has 0 aliphatic rings. The number of hydrogen-bond donors (Lipinski definition) is 0. The van der Waals surface area contributed by atoms with Crippen molar-refractivity contribution in [3.8, 4) is 12.3 Å². The molecule has 0 N–H and O–H groups in total. The van der Waals surface area contributed by atoms with Crippen molar-refractivity contribution in [1.29, 1.82) is 0 Å². The summed E-state index contributed by atoms with van der Waals surface area (Å²) in [6.45, 7) is 5.64. The highest BCUT2D eigenvalue weighted by molar-refractivity contribution is 5.88. The van der Waals surface area contributed by atoms with E-state index >= 15 is 0 Å². The van der Waals surface area contributed by atoms with Gasteiger partial charge in [-0.1, -0.05) is 5.92 Å². The molecule has 9 heteroatoms. The zero-order valence-corrected chi connectivity index (χ0v) is 15.3. The van der Waals surface area contributed by atoms with Gasteiger partial charge in [0.2, 0.25) is 6.10 Å². The van der Waals surface area contributed by atoms with E-state index in [2.05, 4.69) is 5.92 Å². The molecule has 0 spiro atoms. The lowest BCUT2D eigenvalue weighted by molar-refractivity contribution is -0.197. The number of ether oxygens (including phenoxy) is 4. The third kappa shape index (κ3) is 8.28. The fraction of sp³-hybridized carbons (Fsp3) is 0.588. The van der Waals surface area contributed by atoms with Crippen molar-refractivity contribution in [3.05, 3.63) is 0 Å². The highest BCUT2D eigenvalue weighted by atomic mass is 16.6. The molecule has 0 fully saturated rings. The molecule has 26 heavy (non-hydrogen) atoms. The molecule has 0 saturated carbocycles. The minimum Gasteiger partial charge on any atom is -0.459 e. The Balaban J connectivity index is 6.02. The predicted octanol–water partition coefficient (Wildman–Crippen LogP) is 0.326. The highest BCUT2D eigenvalue weighted by Gasteiger charge is 2.44. The first-order chi connectivity index (χ1) is 12.0. The number of carbonyl (C=O) groups excluding carboxylic acids is 5. The Morgan fingerprint density at radius 1 is 0.769 bits per heavy atom. The summed E-state index contributed by atoms with van der Waals surface area (Å²) in [5.74, 6) is -1.83. The van der Waals surface area contributed by atoms with Crippen LogP contribution in [0.3, 0.4) is 0 Å². The number of hydrogen-bond acceptors (Lipinski definition) is 9. The van der Waals surface area contributed by atoms with Gasteiger partial charge in [0.1, 0.15) is 6.10 Å². The molecule has 0 aromatic carbocycles. The third-order valence-electron chi connectivity index (χ3n) is 2.93. The molecule has 0 saturated heterocycles. The van der Waals surface area contributed by atoms with Crippen molar-refractivity contribution in [2.75, 3.05) is 0 Å². The lowest BCUT2D eigenvalue weighted by Gasteiger charge is -2.33. The summed E-state index contributed by atoms with van der Waals surface area (Å²) in [6.07, 6.45) is -1.05. The number of rotatable bonds is 9. The monoisotopic (exact) mass is 370 g/mol. The third-order valence-corrected chi connectivity index (χ3v) is 2.93. The number of carbonyl (C=O) groups is 5. The highest BCUT2D eigenvalue weighted by Crippen LogP contribution is 2.20. The summed E-state index contributed by atoms with van der Waals surface area (Å²) >= 11 is 0. The molecule has 0 aromatic heterocycles. The van der Waals surface area contributed by atoms with Crippen LogP contribution < -0.4 is 0 Å². The van der Waals surface area contributed by atoms with Gasteiger partial charge in [-0.15, -0.1) is 6.42 Å². The van der Waals surface area contributed by atoms with Crippen molar-refractivity contribution < 1.29 is 42.9 Å². The van der Waals surface area contributed by atoms with Crippen LogP contribution >= 0.6 is 0 Å². The first-order valence-corrected chi connectivity index (χ1v) is 7.64. The standard InChI is InChI=1S/C17H22O9/c1-7-8-14(22)16(25-12(5)20)17(26-13(6)21)15(24-11(4)19)9(2)23-10(3)18/h1,9,15-17H,8H2,2-6H3/t9-,15+,16+,17+/m0/s1. The van der Waals surface area contributed by atoms with Gasteiger partial charge in [-0.2, -0.15) is 0 Å². The van der Waals surface area contributed by atoms with Crippen LogP contribution in [0.1, 0.15) is 41.0 Å². The normalized spacial score (nSPS) is 14.6. The number of ketones is 1. The second kappa shape index (κ2) is 10.9. The topological polar surface area (TPSA) is 122 Å². The minimum absolute atomic E-state index is 0.426. The van der Waals surface area contributed by atoms with E-state index < -0.39 is 60.5 Å². The van der Waals surface area contributed by atoms with E-state index in [-0.39, 0.29) is 0 Å². The molecule has 0 aliphatic heterocycles. The maximum absolute atomic E-state index is 12.3.